The number of nitrogens with two attached hydrogens (primary N) is 1. The van der Waals surface area contributed by atoms with Crippen LogP contribution in [0.25, 0.3) is 11.4 Å². The molecule has 0 aliphatic carbocycles. The third-order valence-electron chi connectivity index (χ3n) is 2.14. The lowest BCUT2D eigenvalue weighted by atomic mass is 10.1. The van der Waals surface area contributed by atoms with Gasteiger partial charge < -0.3 is 15.8 Å². The Bertz CT molecular complexity index is 507. The van der Waals surface area contributed by atoms with E-state index in [1.807, 2.05) is 13.1 Å². The molecule has 16 heavy (non-hydrogen) atoms. The molecule has 1 heterocycles. The Morgan fingerprint density at radius 3 is 2.62 bits per heavy atom. The summed E-state index contributed by atoms with van der Waals surface area (Å²) in [5.74, 6) is 0.165. The Balaban J connectivity index is 0.00000128. The number of amides is 1. The Morgan fingerprint density at radius 2 is 2.06 bits per heavy atom. The van der Waals surface area contributed by atoms with Crippen LogP contribution in [0.1, 0.15) is 10.4 Å². The molecule has 0 saturated heterocycles. The number of nitrogens with zero attached hydrogens (tertiary/aromatic N) is 3. The first-order valence-corrected chi connectivity index (χ1v) is 4.43. The Labute approximate surface area is 92.0 Å². The van der Waals surface area contributed by atoms with Gasteiger partial charge in [0.05, 0.1) is 5.56 Å². The summed E-state index contributed by atoms with van der Waals surface area (Å²) in [6, 6.07) is 7.06. The zero-order valence-electron chi connectivity index (χ0n) is 8.71. The van der Waals surface area contributed by atoms with Crippen LogP contribution in [-0.2, 0) is 7.05 Å². The predicted octanol–water partition coefficient (Wildman–Crippen LogP) is -0.244. The molecule has 0 fully saturated rings. The number of benzene rings is 1. The van der Waals surface area contributed by atoms with Crippen LogP contribution >= 0.6 is 0 Å². The van der Waals surface area contributed by atoms with Gasteiger partial charge in [-0.3, -0.25) is 4.79 Å². The second-order valence-electron chi connectivity index (χ2n) is 3.18. The second-order valence-corrected chi connectivity index (χ2v) is 3.18. The van der Waals surface area contributed by atoms with Gasteiger partial charge in [0.1, 0.15) is 6.33 Å². The Hall–Kier alpha value is -2.21. The molecule has 6 heteroatoms. The lowest BCUT2D eigenvalue weighted by Gasteiger charge is -2.04. The van der Waals surface area contributed by atoms with Crippen molar-refractivity contribution in [2.75, 3.05) is 0 Å². The van der Waals surface area contributed by atoms with E-state index in [1.165, 1.54) is 0 Å². The predicted molar refractivity (Wildman–Crippen MR) is 58.6 cm³/mol. The first-order chi connectivity index (χ1) is 7.20. The number of carbonyl (C=O) groups is 1. The lowest BCUT2D eigenvalue weighted by molar-refractivity contribution is 0.100. The van der Waals surface area contributed by atoms with Crippen molar-refractivity contribution in [3.8, 4) is 11.4 Å². The fourth-order valence-corrected chi connectivity index (χ4v) is 1.42. The van der Waals surface area contributed by atoms with Crippen molar-refractivity contribution in [3.63, 3.8) is 0 Å². The highest BCUT2D eigenvalue weighted by atomic mass is 16.1. The van der Waals surface area contributed by atoms with Crippen molar-refractivity contribution < 1.29 is 10.3 Å². The standard InChI is InChI=1S/C10H10N4O.H2O/c1-14-6-12-13-10(14)8-5-3-2-4-7(8)9(11)15;/h2-6H,1H3,(H2,11,15);1H2. The number of hydrogen-bond donors (Lipinski definition) is 1. The van der Waals surface area contributed by atoms with Crippen LogP contribution in [-0.4, -0.2) is 26.1 Å². The number of aryl methyl sites for hydroxylation is 1. The van der Waals surface area contributed by atoms with E-state index in [0.717, 1.165) is 0 Å². The van der Waals surface area contributed by atoms with Crippen LogP contribution in [0.5, 0.6) is 0 Å². The Kier molecular flexibility index (Phi) is 3.37. The molecule has 0 atom stereocenters. The van der Waals surface area contributed by atoms with Crippen molar-refractivity contribution in [1.82, 2.24) is 14.8 Å². The molecule has 0 aliphatic rings. The van der Waals surface area contributed by atoms with Crippen LogP contribution in [0.2, 0.25) is 0 Å². The zero-order chi connectivity index (χ0) is 10.8. The van der Waals surface area contributed by atoms with Crippen molar-refractivity contribution >= 4 is 5.91 Å². The molecular weight excluding hydrogens is 208 g/mol. The van der Waals surface area contributed by atoms with E-state index in [0.29, 0.717) is 17.0 Å². The van der Waals surface area contributed by atoms with Crippen molar-refractivity contribution in [2.24, 2.45) is 12.8 Å². The summed E-state index contributed by atoms with van der Waals surface area (Å²) in [7, 11) is 1.81. The van der Waals surface area contributed by atoms with Crippen molar-refractivity contribution in [2.45, 2.75) is 0 Å². The van der Waals surface area contributed by atoms with Crippen LogP contribution in [0.15, 0.2) is 30.6 Å². The zero-order valence-corrected chi connectivity index (χ0v) is 8.71. The summed E-state index contributed by atoms with van der Waals surface area (Å²) in [6.07, 6.45) is 1.58. The van der Waals surface area contributed by atoms with Gasteiger partial charge in [0.15, 0.2) is 5.82 Å². The average molecular weight is 220 g/mol. The molecule has 6 nitrogen and oxygen atoms in total. The second kappa shape index (κ2) is 4.54. The molecule has 2 aromatic rings. The fourth-order valence-electron chi connectivity index (χ4n) is 1.42. The SMILES string of the molecule is Cn1cnnc1-c1ccccc1C(N)=O.O. The minimum atomic E-state index is -0.464. The van der Waals surface area contributed by atoms with Gasteiger partial charge in [-0.15, -0.1) is 10.2 Å². The van der Waals surface area contributed by atoms with Crippen molar-refractivity contribution in [3.05, 3.63) is 36.2 Å². The molecule has 2 rings (SSSR count). The van der Waals surface area contributed by atoms with Gasteiger partial charge >= 0.3 is 0 Å². The molecule has 0 spiro atoms. The monoisotopic (exact) mass is 220 g/mol. The van der Waals surface area contributed by atoms with E-state index in [-0.39, 0.29) is 5.48 Å². The largest absolute Gasteiger partial charge is 0.412 e. The first kappa shape index (κ1) is 11.9. The first-order valence-electron chi connectivity index (χ1n) is 4.43. The van der Waals surface area contributed by atoms with Crippen molar-refractivity contribution in [1.29, 1.82) is 0 Å². The number of carbonyl (C=O) groups excluding carboxylic acids is 1. The summed E-state index contributed by atoms with van der Waals surface area (Å²) in [6.45, 7) is 0. The van der Waals surface area contributed by atoms with E-state index >= 15 is 0 Å². The summed E-state index contributed by atoms with van der Waals surface area (Å²) < 4.78 is 1.74. The maximum Gasteiger partial charge on any atom is 0.249 e. The third-order valence-corrected chi connectivity index (χ3v) is 2.14. The topological polar surface area (TPSA) is 105 Å². The molecule has 84 valence electrons. The molecule has 1 amide bonds. The van der Waals surface area contributed by atoms with Crippen LogP contribution in [0.3, 0.4) is 0 Å². The summed E-state index contributed by atoms with van der Waals surface area (Å²) in [5, 5.41) is 7.69. The molecule has 0 saturated carbocycles. The summed E-state index contributed by atoms with van der Waals surface area (Å²) in [5.41, 5.74) is 6.43. The Morgan fingerprint density at radius 1 is 1.38 bits per heavy atom. The maximum atomic E-state index is 11.2. The molecule has 4 N–H and O–H groups in total. The van der Waals surface area contributed by atoms with Gasteiger partial charge in [-0.1, -0.05) is 18.2 Å². The van der Waals surface area contributed by atoms with Gasteiger partial charge in [0, 0.05) is 12.6 Å². The summed E-state index contributed by atoms with van der Waals surface area (Å²) in [4.78, 5) is 11.2. The molecule has 1 aromatic heterocycles. The highest BCUT2D eigenvalue weighted by Gasteiger charge is 2.12. The quantitative estimate of drug-likeness (QED) is 0.754. The van der Waals surface area contributed by atoms with Crippen LogP contribution in [0.4, 0.5) is 0 Å². The van der Waals surface area contributed by atoms with E-state index in [1.54, 1.807) is 29.1 Å². The van der Waals surface area contributed by atoms with E-state index < -0.39 is 5.91 Å². The molecule has 0 aliphatic heterocycles. The van der Waals surface area contributed by atoms with Crippen LogP contribution < -0.4 is 5.73 Å². The van der Waals surface area contributed by atoms with Gasteiger partial charge in [0.2, 0.25) is 5.91 Å². The van der Waals surface area contributed by atoms with Crippen LogP contribution in [0, 0.1) is 0 Å². The van der Waals surface area contributed by atoms with E-state index in [9.17, 15) is 4.79 Å². The van der Waals surface area contributed by atoms with E-state index in [2.05, 4.69) is 10.2 Å². The normalized spacial score (nSPS) is 9.56. The minimum absolute atomic E-state index is 0. The molecular formula is C10H12N4O2. The number of primary amides is 1. The van der Waals surface area contributed by atoms with Gasteiger partial charge in [-0.2, -0.15) is 0 Å². The highest BCUT2D eigenvalue weighted by Crippen LogP contribution is 2.20. The minimum Gasteiger partial charge on any atom is -0.412 e. The van der Waals surface area contributed by atoms with Gasteiger partial charge in [-0.05, 0) is 6.07 Å². The maximum absolute atomic E-state index is 11.2. The molecule has 0 unspecified atom stereocenters. The third kappa shape index (κ3) is 1.91. The van der Waals surface area contributed by atoms with E-state index in [4.69, 9.17) is 5.73 Å². The summed E-state index contributed by atoms with van der Waals surface area (Å²) >= 11 is 0. The lowest BCUT2D eigenvalue weighted by Crippen LogP contribution is -2.13. The smallest absolute Gasteiger partial charge is 0.249 e. The molecule has 0 bridgehead atoms. The van der Waals surface area contributed by atoms with Gasteiger partial charge in [0.25, 0.3) is 0 Å². The highest BCUT2D eigenvalue weighted by molar-refractivity contribution is 5.98. The average Bonchev–Trinajstić information content (AvgIpc) is 2.64. The number of aromatic nitrogens is 3. The number of hydrogen-bond acceptors (Lipinski definition) is 3. The molecule has 0 radical (unpaired) electrons. The number of rotatable bonds is 2. The van der Waals surface area contributed by atoms with Gasteiger partial charge in [-0.25, -0.2) is 0 Å². The fraction of sp³-hybridized carbons (Fsp3) is 0.100. The molecule has 1 aromatic carbocycles.